The Bertz CT molecular complexity index is 650. The van der Waals surface area contributed by atoms with Gasteiger partial charge in [-0.1, -0.05) is 11.6 Å². The number of sulfonamides is 1. The third-order valence-electron chi connectivity index (χ3n) is 4.70. The second-order valence-corrected chi connectivity index (χ2v) is 8.23. The quantitative estimate of drug-likeness (QED) is 0.840. The summed E-state index contributed by atoms with van der Waals surface area (Å²) in [6.07, 6.45) is 3.10. The second-order valence-electron chi connectivity index (χ2n) is 5.88. The third kappa shape index (κ3) is 2.65. The highest BCUT2D eigenvalue weighted by molar-refractivity contribution is 7.89. The topological polar surface area (TPSA) is 66.6 Å². The fourth-order valence-electron chi connectivity index (χ4n) is 3.39. The van der Waals surface area contributed by atoms with Crippen molar-refractivity contribution in [1.82, 2.24) is 9.21 Å². The Labute approximate surface area is 130 Å². The van der Waals surface area contributed by atoms with E-state index < -0.39 is 10.0 Å². The highest BCUT2D eigenvalue weighted by Gasteiger charge is 2.39. The van der Waals surface area contributed by atoms with E-state index in [1.807, 2.05) is 0 Å². The van der Waals surface area contributed by atoms with Gasteiger partial charge in [-0.3, -0.25) is 4.90 Å². The van der Waals surface area contributed by atoms with Crippen molar-refractivity contribution in [2.24, 2.45) is 0 Å². The molecule has 3 rings (SSSR count). The first kappa shape index (κ1) is 15.1. The molecule has 0 amide bonds. The zero-order chi connectivity index (χ0) is 15.2. The maximum atomic E-state index is 12.8. The standard InChI is InChI=1S/C14H20ClN3O2S/c1-17-11-3-4-12(17)9-18(7-6-11)21(19,20)14-5-2-10(15)8-13(14)16/h2,5,8,11-12H,3-4,6-7,9,16H2,1H3. The number of nitrogen functional groups attached to an aromatic ring is 1. The van der Waals surface area contributed by atoms with Gasteiger partial charge in [0.1, 0.15) is 4.90 Å². The molecule has 2 N–H and O–H groups in total. The summed E-state index contributed by atoms with van der Waals surface area (Å²) in [6.45, 7) is 1.09. The SMILES string of the molecule is CN1C2CCC1CN(S(=O)(=O)c1ccc(Cl)cc1N)CC2. The smallest absolute Gasteiger partial charge is 0.245 e. The lowest BCUT2D eigenvalue weighted by Gasteiger charge is -2.25. The molecule has 2 saturated heterocycles. The lowest BCUT2D eigenvalue weighted by atomic mass is 10.1. The van der Waals surface area contributed by atoms with Gasteiger partial charge in [0.15, 0.2) is 0 Å². The van der Waals surface area contributed by atoms with Crippen molar-refractivity contribution in [2.45, 2.75) is 36.2 Å². The molecule has 7 heteroatoms. The fourth-order valence-corrected chi connectivity index (χ4v) is 5.16. The van der Waals surface area contributed by atoms with Gasteiger partial charge in [0, 0.05) is 30.2 Å². The molecule has 2 bridgehead atoms. The van der Waals surface area contributed by atoms with Crippen molar-refractivity contribution < 1.29 is 8.42 Å². The van der Waals surface area contributed by atoms with Crippen molar-refractivity contribution in [2.75, 3.05) is 25.9 Å². The first-order chi connectivity index (χ1) is 9.89. The van der Waals surface area contributed by atoms with Crippen LogP contribution in [0.3, 0.4) is 0 Å². The van der Waals surface area contributed by atoms with Gasteiger partial charge >= 0.3 is 0 Å². The number of fused-ring (bicyclic) bond motifs is 2. The zero-order valence-electron chi connectivity index (χ0n) is 12.0. The molecule has 2 aliphatic rings. The van der Waals surface area contributed by atoms with Crippen LogP contribution in [0, 0.1) is 0 Å². The summed E-state index contributed by atoms with van der Waals surface area (Å²) in [5, 5.41) is 0.445. The summed E-state index contributed by atoms with van der Waals surface area (Å²) < 4.78 is 27.3. The largest absolute Gasteiger partial charge is 0.398 e. The Hall–Kier alpha value is -0.820. The van der Waals surface area contributed by atoms with E-state index in [9.17, 15) is 8.42 Å². The van der Waals surface area contributed by atoms with Gasteiger partial charge in [-0.2, -0.15) is 4.31 Å². The minimum absolute atomic E-state index is 0.160. The summed E-state index contributed by atoms with van der Waals surface area (Å²) in [5.41, 5.74) is 6.07. The Kier molecular flexibility index (Phi) is 3.90. The van der Waals surface area contributed by atoms with Crippen LogP contribution in [0.4, 0.5) is 5.69 Å². The molecule has 2 atom stereocenters. The minimum atomic E-state index is -3.56. The van der Waals surface area contributed by atoms with Crippen LogP contribution in [0.1, 0.15) is 19.3 Å². The highest BCUT2D eigenvalue weighted by atomic mass is 35.5. The number of hydrogen-bond acceptors (Lipinski definition) is 4. The number of anilines is 1. The molecular formula is C14H20ClN3O2S. The number of halogens is 1. The van der Waals surface area contributed by atoms with E-state index in [4.69, 9.17) is 17.3 Å². The predicted molar refractivity (Wildman–Crippen MR) is 83.8 cm³/mol. The molecule has 2 aliphatic heterocycles. The first-order valence-electron chi connectivity index (χ1n) is 7.16. The van der Waals surface area contributed by atoms with Crippen LogP contribution in [0.2, 0.25) is 5.02 Å². The molecule has 0 aliphatic carbocycles. The number of hydrogen-bond donors (Lipinski definition) is 1. The van der Waals surface area contributed by atoms with Crippen LogP contribution in [-0.4, -0.2) is 49.8 Å². The molecule has 116 valence electrons. The fraction of sp³-hybridized carbons (Fsp3) is 0.571. The maximum absolute atomic E-state index is 12.8. The summed E-state index contributed by atoms with van der Waals surface area (Å²) in [7, 11) is -1.46. The summed E-state index contributed by atoms with van der Waals surface area (Å²) in [4.78, 5) is 2.48. The van der Waals surface area contributed by atoms with E-state index in [1.165, 1.54) is 12.1 Å². The van der Waals surface area contributed by atoms with E-state index in [-0.39, 0.29) is 10.6 Å². The molecule has 0 aromatic heterocycles. The van der Waals surface area contributed by atoms with Crippen molar-refractivity contribution in [3.05, 3.63) is 23.2 Å². The molecule has 0 saturated carbocycles. The minimum Gasteiger partial charge on any atom is -0.398 e. The Morgan fingerprint density at radius 3 is 2.67 bits per heavy atom. The van der Waals surface area contributed by atoms with Gasteiger partial charge in [-0.25, -0.2) is 8.42 Å². The van der Waals surface area contributed by atoms with Gasteiger partial charge in [-0.15, -0.1) is 0 Å². The molecule has 0 spiro atoms. The van der Waals surface area contributed by atoms with Crippen molar-refractivity contribution in [1.29, 1.82) is 0 Å². The van der Waals surface area contributed by atoms with Crippen LogP contribution in [0.25, 0.3) is 0 Å². The van der Waals surface area contributed by atoms with E-state index in [0.29, 0.717) is 30.2 Å². The molecule has 0 radical (unpaired) electrons. The molecule has 2 unspecified atom stereocenters. The number of nitrogens with two attached hydrogens (primary N) is 1. The monoisotopic (exact) mass is 329 g/mol. The molecular weight excluding hydrogens is 310 g/mol. The van der Waals surface area contributed by atoms with Crippen molar-refractivity contribution >= 4 is 27.3 Å². The van der Waals surface area contributed by atoms with Crippen molar-refractivity contribution in [3.63, 3.8) is 0 Å². The predicted octanol–water partition coefficient (Wildman–Crippen LogP) is 1.78. The van der Waals surface area contributed by atoms with Gasteiger partial charge in [0.2, 0.25) is 10.0 Å². The molecule has 1 aromatic carbocycles. The molecule has 2 fully saturated rings. The second kappa shape index (κ2) is 5.43. The van der Waals surface area contributed by atoms with E-state index in [2.05, 4.69) is 11.9 Å². The van der Waals surface area contributed by atoms with Crippen molar-refractivity contribution in [3.8, 4) is 0 Å². The van der Waals surface area contributed by atoms with Gasteiger partial charge in [0.25, 0.3) is 0 Å². The van der Waals surface area contributed by atoms with E-state index >= 15 is 0 Å². The molecule has 2 heterocycles. The van der Waals surface area contributed by atoms with Crippen LogP contribution in [0.5, 0.6) is 0 Å². The number of benzene rings is 1. The first-order valence-corrected chi connectivity index (χ1v) is 8.98. The normalized spacial score (nSPS) is 27.7. The third-order valence-corrected chi connectivity index (χ3v) is 6.87. The van der Waals surface area contributed by atoms with E-state index in [0.717, 1.165) is 19.3 Å². The highest BCUT2D eigenvalue weighted by Crippen LogP contribution is 2.32. The van der Waals surface area contributed by atoms with Crippen LogP contribution in [-0.2, 0) is 10.0 Å². The molecule has 5 nitrogen and oxygen atoms in total. The zero-order valence-corrected chi connectivity index (χ0v) is 13.6. The number of rotatable bonds is 2. The Morgan fingerprint density at radius 2 is 1.95 bits per heavy atom. The summed E-state index contributed by atoms with van der Waals surface area (Å²) in [5.74, 6) is 0. The average molecular weight is 330 g/mol. The van der Waals surface area contributed by atoms with Gasteiger partial charge in [0.05, 0.1) is 5.69 Å². The summed E-state index contributed by atoms with van der Waals surface area (Å²) >= 11 is 5.85. The van der Waals surface area contributed by atoms with Gasteiger partial charge in [-0.05, 0) is 44.5 Å². The number of nitrogens with zero attached hydrogens (tertiary/aromatic N) is 2. The lowest BCUT2D eigenvalue weighted by molar-refractivity contribution is 0.246. The van der Waals surface area contributed by atoms with Crippen LogP contribution < -0.4 is 5.73 Å². The molecule has 1 aromatic rings. The Morgan fingerprint density at radius 1 is 1.24 bits per heavy atom. The number of likely N-dealkylation sites (N-methyl/N-ethyl adjacent to an activating group) is 1. The van der Waals surface area contributed by atoms with Crippen LogP contribution >= 0.6 is 11.6 Å². The van der Waals surface area contributed by atoms with E-state index in [1.54, 1.807) is 10.4 Å². The maximum Gasteiger partial charge on any atom is 0.245 e. The van der Waals surface area contributed by atoms with Gasteiger partial charge < -0.3 is 5.73 Å². The lowest BCUT2D eigenvalue weighted by Crippen LogP contribution is -2.39. The summed E-state index contributed by atoms with van der Waals surface area (Å²) in [6, 6.07) is 5.37. The Balaban J connectivity index is 1.91. The molecule has 21 heavy (non-hydrogen) atoms. The average Bonchev–Trinajstić information content (AvgIpc) is 2.61. The van der Waals surface area contributed by atoms with Crippen LogP contribution in [0.15, 0.2) is 23.1 Å².